The van der Waals surface area contributed by atoms with Crippen molar-refractivity contribution in [2.75, 3.05) is 6.54 Å². The molecule has 4 N–H and O–H groups in total. The highest BCUT2D eigenvalue weighted by Crippen LogP contribution is 2.21. The Balaban J connectivity index is 0.00000121. The van der Waals surface area contributed by atoms with Gasteiger partial charge in [-0.2, -0.15) is 0 Å². The van der Waals surface area contributed by atoms with Gasteiger partial charge in [-0.1, -0.05) is 18.2 Å². The van der Waals surface area contributed by atoms with E-state index in [2.05, 4.69) is 0 Å². The van der Waals surface area contributed by atoms with Gasteiger partial charge in [-0.15, -0.1) is 12.4 Å². The van der Waals surface area contributed by atoms with E-state index in [4.69, 9.17) is 5.73 Å². The molecule has 0 aromatic heterocycles. The van der Waals surface area contributed by atoms with Crippen LogP contribution in [0.1, 0.15) is 11.7 Å². The van der Waals surface area contributed by atoms with Gasteiger partial charge in [-0.3, -0.25) is 0 Å². The molecule has 1 aromatic rings. The smallest absolute Gasteiger partial charge is 0.121 e. The lowest BCUT2D eigenvalue weighted by molar-refractivity contribution is 0.182. The Morgan fingerprint density at radius 2 is 1.92 bits per heavy atom. The maximum Gasteiger partial charge on any atom is 0.121 e. The number of hydrogen-bond donors (Lipinski definition) is 3. The summed E-state index contributed by atoms with van der Waals surface area (Å²) in [5.74, 6) is 0.0884. The maximum absolute atomic E-state index is 9.23. The van der Waals surface area contributed by atoms with Crippen molar-refractivity contribution in [2.24, 2.45) is 5.73 Å². The first-order chi connectivity index (χ1) is 5.25. The van der Waals surface area contributed by atoms with E-state index >= 15 is 0 Å². The highest BCUT2D eigenvalue weighted by molar-refractivity contribution is 5.85. The summed E-state index contributed by atoms with van der Waals surface area (Å²) in [5, 5.41) is 18.4. The minimum atomic E-state index is -0.767. The van der Waals surface area contributed by atoms with Crippen molar-refractivity contribution >= 4 is 12.4 Å². The summed E-state index contributed by atoms with van der Waals surface area (Å²) in [6, 6.07) is 6.61. The van der Waals surface area contributed by atoms with Gasteiger partial charge in [0.1, 0.15) is 5.75 Å². The maximum atomic E-state index is 9.23. The van der Waals surface area contributed by atoms with Crippen LogP contribution in [0.25, 0.3) is 0 Å². The number of halogens is 1. The largest absolute Gasteiger partial charge is 0.508 e. The third-order valence-corrected chi connectivity index (χ3v) is 1.52. The Kier molecular flexibility index (Phi) is 4.66. The van der Waals surface area contributed by atoms with Crippen LogP contribution >= 0.6 is 12.4 Å². The number of benzene rings is 1. The van der Waals surface area contributed by atoms with Crippen LogP contribution in [0.5, 0.6) is 5.75 Å². The molecule has 0 aliphatic rings. The second-order valence-electron chi connectivity index (χ2n) is 2.31. The van der Waals surface area contributed by atoms with Crippen molar-refractivity contribution in [1.29, 1.82) is 0 Å². The molecule has 0 aliphatic carbocycles. The van der Waals surface area contributed by atoms with Gasteiger partial charge in [0.05, 0.1) is 6.10 Å². The average molecular weight is 190 g/mol. The number of para-hydroxylation sites is 1. The predicted octanol–water partition coefficient (Wildman–Crippen LogP) is 0.806. The van der Waals surface area contributed by atoms with Crippen LogP contribution in [-0.2, 0) is 0 Å². The topological polar surface area (TPSA) is 66.5 Å². The Bertz CT molecular complexity index is 242. The second kappa shape index (κ2) is 4.98. The lowest BCUT2D eigenvalue weighted by Crippen LogP contribution is -2.11. The van der Waals surface area contributed by atoms with E-state index in [0.29, 0.717) is 5.56 Å². The molecule has 3 nitrogen and oxygen atoms in total. The first kappa shape index (κ1) is 11.2. The van der Waals surface area contributed by atoms with Gasteiger partial charge in [0.2, 0.25) is 0 Å². The van der Waals surface area contributed by atoms with Crippen molar-refractivity contribution in [2.45, 2.75) is 6.10 Å². The zero-order chi connectivity index (χ0) is 8.27. The molecule has 1 rings (SSSR count). The molecule has 1 unspecified atom stereocenters. The molecule has 12 heavy (non-hydrogen) atoms. The molecular formula is C8H12ClNO2. The first-order valence-corrected chi connectivity index (χ1v) is 3.41. The fourth-order valence-corrected chi connectivity index (χ4v) is 0.896. The van der Waals surface area contributed by atoms with Crippen LogP contribution in [-0.4, -0.2) is 16.8 Å². The molecule has 0 radical (unpaired) electrons. The van der Waals surface area contributed by atoms with Crippen molar-refractivity contribution in [3.05, 3.63) is 29.8 Å². The molecule has 0 fully saturated rings. The SMILES string of the molecule is Cl.NCC(O)c1ccccc1O. The van der Waals surface area contributed by atoms with Crippen LogP contribution in [0.15, 0.2) is 24.3 Å². The zero-order valence-corrected chi connectivity index (χ0v) is 7.29. The molecule has 4 heteroatoms. The number of aliphatic hydroxyl groups is 1. The minimum absolute atomic E-state index is 0. The van der Waals surface area contributed by atoms with Gasteiger partial charge in [0, 0.05) is 12.1 Å². The van der Waals surface area contributed by atoms with E-state index in [1.807, 2.05) is 0 Å². The fraction of sp³-hybridized carbons (Fsp3) is 0.250. The van der Waals surface area contributed by atoms with Gasteiger partial charge < -0.3 is 15.9 Å². The molecule has 0 spiro atoms. The van der Waals surface area contributed by atoms with Gasteiger partial charge >= 0.3 is 0 Å². The van der Waals surface area contributed by atoms with Gasteiger partial charge in [-0.25, -0.2) is 0 Å². The Morgan fingerprint density at radius 1 is 1.33 bits per heavy atom. The lowest BCUT2D eigenvalue weighted by Gasteiger charge is -2.08. The number of phenolic OH excluding ortho intramolecular Hbond substituents is 1. The highest BCUT2D eigenvalue weighted by Gasteiger charge is 2.07. The van der Waals surface area contributed by atoms with E-state index < -0.39 is 6.10 Å². The molecule has 68 valence electrons. The Labute approximate surface area is 77.2 Å². The normalized spacial score (nSPS) is 11.8. The van der Waals surface area contributed by atoms with Crippen molar-refractivity contribution in [3.8, 4) is 5.75 Å². The molecule has 0 bridgehead atoms. The number of aromatic hydroxyl groups is 1. The van der Waals surface area contributed by atoms with Crippen LogP contribution in [0.4, 0.5) is 0 Å². The number of phenols is 1. The zero-order valence-electron chi connectivity index (χ0n) is 6.47. The third-order valence-electron chi connectivity index (χ3n) is 1.52. The summed E-state index contributed by atoms with van der Waals surface area (Å²) < 4.78 is 0. The number of nitrogens with two attached hydrogens (primary N) is 1. The molecule has 0 aliphatic heterocycles. The second-order valence-corrected chi connectivity index (χ2v) is 2.31. The summed E-state index contributed by atoms with van der Waals surface area (Å²) in [5.41, 5.74) is 5.69. The number of rotatable bonds is 2. The summed E-state index contributed by atoms with van der Waals surface area (Å²) in [7, 11) is 0. The lowest BCUT2D eigenvalue weighted by atomic mass is 10.1. The predicted molar refractivity (Wildman–Crippen MR) is 49.4 cm³/mol. The van der Waals surface area contributed by atoms with Gasteiger partial charge in [0.15, 0.2) is 0 Å². The van der Waals surface area contributed by atoms with Crippen molar-refractivity contribution in [1.82, 2.24) is 0 Å². The number of hydrogen-bond acceptors (Lipinski definition) is 3. The summed E-state index contributed by atoms with van der Waals surface area (Å²) >= 11 is 0. The summed E-state index contributed by atoms with van der Waals surface area (Å²) in [4.78, 5) is 0. The van der Waals surface area contributed by atoms with Crippen LogP contribution in [0.3, 0.4) is 0 Å². The van der Waals surface area contributed by atoms with Crippen molar-refractivity contribution in [3.63, 3.8) is 0 Å². The van der Waals surface area contributed by atoms with Crippen LogP contribution in [0.2, 0.25) is 0 Å². The summed E-state index contributed by atoms with van der Waals surface area (Å²) in [6.07, 6.45) is -0.767. The van der Waals surface area contributed by atoms with Gasteiger partial charge in [-0.05, 0) is 6.07 Å². The quantitative estimate of drug-likeness (QED) is 0.645. The molecule has 0 amide bonds. The van der Waals surface area contributed by atoms with Crippen LogP contribution < -0.4 is 5.73 Å². The average Bonchev–Trinajstić information content (AvgIpc) is 2.04. The van der Waals surface area contributed by atoms with E-state index in [-0.39, 0.29) is 24.7 Å². The van der Waals surface area contributed by atoms with E-state index in [0.717, 1.165) is 0 Å². The molecule has 0 saturated heterocycles. The Morgan fingerprint density at radius 3 is 2.42 bits per heavy atom. The monoisotopic (exact) mass is 189 g/mol. The summed E-state index contributed by atoms with van der Waals surface area (Å²) in [6.45, 7) is 0.123. The molecule has 0 saturated carbocycles. The van der Waals surface area contributed by atoms with E-state index in [1.165, 1.54) is 6.07 Å². The van der Waals surface area contributed by atoms with Gasteiger partial charge in [0.25, 0.3) is 0 Å². The Hall–Kier alpha value is -0.770. The van der Waals surface area contributed by atoms with Crippen molar-refractivity contribution < 1.29 is 10.2 Å². The fourth-order valence-electron chi connectivity index (χ4n) is 0.896. The molecule has 1 atom stereocenters. The molecule has 1 aromatic carbocycles. The van der Waals surface area contributed by atoms with E-state index in [1.54, 1.807) is 18.2 Å². The molecular weight excluding hydrogens is 178 g/mol. The minimum Gasteiger partial charge on any atom is -0.508 e. The number of aliphatic hydroxyl groups excluding tert-OH is 1. The highest BCUT2D eigenvalue weighted by atomic mass is 35.5. The van der Waals surface area contributed by atoms with E-state index in [9.17, 15) is 10.2 Å². The van der Waals surface area contributed by atoms with Crippen LogP contribution in [0, 0.1) is 0 Å². The molecule has 0 heterocycles. The standard InChI is InChI=1S/C8H11NO2.ClH/c9-5-8(11)6-3-1-2-4-7(6)10;/h1-4,8,10-11H,5,9H2;1H. The third kappa shape index (κ3) is 2.37. The first-order valence-electron chi connectivity index (χ1n) is 3.41.